The molecular weight excluding hydrogens is 488 g/mol. The van der Waals surface area contributed by atoms with Gasteiger partial charge in [0.1, 0.15) is 11.4 Å². The Morgan fingerprint density at radius 1 is 0.718 bits per heavy atom. The first-order valence-corrected chi connectivity index (χ1v) is 14.1. The fourth-order valence-corrected chi connectivity index (χ4v) is 5.30. The topological polar surface area (TPSA) is 65.0 Å². The fraction of sp³-hybridized carbons (Fsp3) is 0.452. The SMILES string of the molecule is CC(C)OC(=O)c1cccnc1N1CCN(Cc2ccc(CN3CCN(Cc4ccccn4)CC3)cc2)CC1. The van der Waals surface area contributed by atoms with Gasteiger partial charge in [-0.3, -0.25) is 19.7 Å². The molecule has 0 unspecified atom stereocenters. The number of piperazine rings is 2. The molecule has 0 spiro atoms. The van der Waals surface area contributed by atoms with Gasteiger partial charge in [0.05, 0.1) is 11.8 Å². The molecule has 0 atom stereocenters. The maximum Gasteiger partial charge on any atom is 0.342 e. The van der Waals surface area contributed by atoms with Gasteiger partial charge in [-0.2, -0.15) is 0 Å². The highest BCUT2D eigenvalue weighted by molar-refractivity contribution is 5.94. The third-order valence-electron chi connectivity index (χ3n) is 7.43. The van der Waals surface area contributed by atoms with Crippen molar-refractivity contribution in [1.82, 2.24) is 24.7 Å². The van der Waals surface area contributed by atoms with Crippen LogP contribution in [-0.4, -0.2) is 89.1 Å². The van der Waals surface area contributed by atoms with Crippen LogP contribution in [0.3, 0.4) is 0 Å². The summed E-state index contributed by atoms with van der Waals surface area (Å²) in [5, 5.41) is 0. The van der Waals surface area contributed by atoms with Gasteiger partial charge in [-0.25, -0.2) is 9.78 Å². The lowest BCUT2D eigenvalue weighted by Gasteiger charge is -2.36. The van der Waals surface area contributed by atoms with E-state index < -0.39 is 0 Å². The lowest BCUT2D eigenvalue weighted by molar-refractivity contribution is 0.0378. The van der Waals surface area contributed by atoms with Gasteiger partial charge in [0.15, 0.2) is 0 Å². The monoisotopic (exact) mass is 528 g/mol. The Hall–Kier alpha value is -3.33. The van der Waals surface area contributed by atoms with Crippen molar-refractivity contribution >= 4 is 11.8 Å². The summed E-state index contributed by atoms with van der Waals surface area (Å²) >= 11 is 0. The third-order valence-corrected chi connectivity index (χ3v) is 7.43. The number of pyridine rings is 2. The Morgan fingerprint density at radius 2 is 1.28 bits per heavy atom. The predicted molar refractivity (Wildman–Crippen MR) is 154 cm³/mol. The summed E-state index contributed by atoms with van der Waals surface area (Å²) in [5.41, 5.74) is 4.41. The van der Waals surface area contributed by atoms with Crippen LogP contribution in [0.1, 0.15) is 41.0 Å². The number of hydrogen-bond acceptors (Lipinski definition) is 8. The minimum Gasteiger partial charge on any atom is -0.459 e. The summed E-state index contributed by atoms with van der Waals surface area (Å²) in [5.74, 6) is 0.423. The van der Waals surface area contributed by atoms with Crippen molar-refractivity contribution in [3.05, 3.63) is 89.4 Å². The molecular formula is C31H40N6O2. The number of carbonyl (C=O) groups is 1. The summed E-state index contributed by atoms with van der Waals surface area (Å²) < 4.78 is 5.43. The number of esters is 1. The van der Waals surface area contributed by atoms with Crippen molar-refractivity contribution < 1.29 is 9.53 Å². The Kier molecular flexibility index (Phi) is 9.19. The molecule has 2 aliphatic heterocycles. The minimum absolute atomic E-state index is 0.151. The second-order valence-electron chi connectivity index (χ2n) is 10.8. The molecule has 2 fully saturated rings. The number of hydrogen-bond donors (Lipinski definition) is 0. The first-order chi connectivity index (χ1) is 19.0. The van der Waals surface area contributed by atoms with Crippen molar-refractivity contribution in [2.75, 3.05) is 57.3 Å². The maximum atomic E-state index is 12.6. The van der Waals surface area contributed by atoms with Gasteiger partial charge in [-0.15, -0.1) is 0 Å². The maximum absolute atomic E-state index is 12.6. The van der Waals surface area contributed by atoms with Gasteiger partial charge in [-0.05, 0) is 49.2 Å². The normalized spacial score (nSPS) is 17.5. The van der Waals surface area contributed by atoms with Crippen LogP contribution in [0.25, 0.3) is 0 Å². The smallest absolute Gasteiger partial charge is 0.342 e. The molecule has 0 aliphatic carbocycles. The number of rotatable bonds is 9. The Morgan fingerprint density at radius 3 is 1.85 bits per heavy atom. The molecule has 206 valence electrons. The first kappa shape index (κ1) is 27.2. The van der Waals surface area contributed by atoms with Gasteiger partial charge < -0.3 is 9.64 Å². The van der Waals surface area contributed by atoms with Gasteiger partial charge in [0, 0.05) is 84.4 Å². The fourth-order valence-electron chi connectivity index (χ4n) is 5.30. The average Bonchev–Trinajstić information content (AvgIpc) is 2.96. The van der Waals surface area contributed by atoms with Crippen LogP contribution < -0.4 is 4.90 Å². The highest BCUT2D eigenvalue weighted by Crippen LogP contribution is 2.21. The Balaban J connectivity index is 1.06. The molecule has 2 aromatic heterocycles. The number of ether oxygens (including phenoxy) is 1. The quantitative estimate of drug-likeness (QED) is 0.390. The molecule has 0 bridgehead atoms. The molecule has 0 saturated carbocycles. The summed E-state index contributed by atoms with van der Waals surface area (Å²) in [6, 6.07) is 18.9. The number of benzene rings is 1. The van der Waals surface area contributed by atoms with Crippen LogP contribution in [0.2, 0.25) is 0 Å². The number of aromatic nitrogens is 2. The predicted octanol–water partition coefficient (Wildman–Crippen LogP) is 3.68. The van der Waals surface area contributed by atoms with E-state index >= 15 is 0 Å². The molecule has 8 nitrogen and oxygen atoms in total. The molecule has 2 aliphatic rings. The van der Waals surface area contributed by atoms with E-state index in [1.54, 1.807) is 12.3 Å². The summed E-state index contributed by atoms with van der Waals surface area (Å²) in [7, 11) is 0. The molecule has 39 heavy (non-hydrogen) atoms. The van der Waals surface area contributed by atoms with E-state index in [1.807, 2.05) is 32.2 Å². The zero-order valence-corrected chi connectivity index (χ0v) is 23.2. The van der Waals surface area contributed by atoms with Gasteiger partial charge in [-0.1, -0.05) is 30.3 Å². The van der Waals surface area contributed by atoms with E-state index in [9.17, 15) is 4.79 Å². The first-order valence-electron chi connectivity index (χ1n) is 14.1. The van der Waals surface area contributed by atoms with Gasteiger partial charge in [0.2, 0.25) is 0 Å². The van der Waals surface area contributed by atoms with Crippen LogP contribution in [0.15, 0.2) is 67.0 Å². The molecule has 2 saturated heterocycles. The van der Waals surface area contributed by atoms with Crippen LogP contribution in [0.4, 0.5) is 5.82 Å². The third kappa shape index (κ3) is 7.62. The van der Waals surface area contributed by atoms with Gasteiger partial charge >= 0.3 is 5.97 Å². The van der Waals surface area contributed by atoms with Crippen LogP contribution in [0, 0.1) is 0 Å². The Labute approximate surface area is 232 Å². The average molecular weight is 529 g/mol. The Bertz CT molecular complexity index is 1190. The molecule has 0 N–H and O–H groups in total. The zero-order valence-electron chi connectivity index (χ0n) is 23.2. The molecule has 1 aromatic carbocycles. The molecule has 4 heterocycles. The second kappa shape index (κ2) is 13.2. The van der Waals surface area contributed by atoms with Crippen molar-refractivity contribution in [1.29, 1.82) is 0 Å². The van der Waals surface area contributed by atoms with E-state index in [4.69, 9.17) is 4.74 Å². The number of carbonyl (C=O) groups excluding carboxylic acids is 1. The summed E-state index contributed by atoms with van der Waals surface area (Å²) in [4.78, 5) is 31.3. The van der Waals surface area contributed by atoms with Crippen molar-refractivity contribution in [3.63, 3.8) is 0 Å². The summed E-state index contributed by atoms with van der Waals surface area (Å²) in [6.07, 6.45) is 3.47. The van der Waals surface area contributed by atoms with Crippen molar-refractivity contribution in [2.24, 2.45) is 0 Å². The van der Waals surface area contributed by atoms with Crippen LogP contribution >= 0.6 is 0 Å². The van der Waals surface area contributed by atoms with Crippen molar-refractivity contribution in [3.8, 4) is 0 Å². The van der Waals surface area contributed by atoms with E-state index in [0.717, 1.165) is 83.5 Å². The van der Waals surface area contributed by atoms with E-state index in [-0.39, 0.29) is 12.1 Å². The van der Waals surface area contributed by atoms with E-state index in [1.165, 1.54) is 11.1 Å². The molecule has 8 heteroatoms. The molecule has 0 radical (unpaired) electrons. The molecule has 3 aromatic rings. The van der Waals surface area contributed by atoms with Crippen LogP contribution in [0.5, 0.6) is 0 Å². The van der Waals surface area contributed by atoms with Crippen molar-refractivity contribution in [2.45, 2.75) is 39.6 Å². The molecule has 0 amide bonds. The standard InChI is InChI=1S/C31H40N6O2/c1-25(2)39-31(38)29-7-5-13-33-30(29)37-20-18-35(19-21-37)23-27-10-8-26(9-11-27)22-34-14-16-36(17-15-34)24-28-6-3-4-12-32-28/h3-13,25H,14-24H2,1-2H3. The van der Waals surface area contributed by atoms with Gasteiger partial charge in [0.25, 0.3) is 0 Å². The minimum atomic E-state index is -0.304. The summed E-state index contributed by atoms with van der Waals surface area (Å²) in [6.45, 7) is 14.5. The highest BCUT2D eigenvalue weighted by Gasteiger charge is 2.24. The van der Waals surface area contributed by atoms with E-state index in [0.29, 0.717) is 5.56 Å². The lowest BCUT2D eigenvalue weighted by atomic mass is 10.1. The highest BCUT2D eigenvalue weighted by atomic mass is 16.5. The lowest BCUT2D eigenvalue weighted by Crippen LogP contribution is -2.46. The van der Waals surface area contributed by atoms with E-state index in [2.05, 4.69) is 66.0 Å². The second-order valence-corrected chi connectivity index (χ2v) is 10.8. The molecule has 5 rings (SSSR count). The largest absolute Gasteiger partial charge is 0.459 e. The number of nitrogens with zero attached hydrogens (tertiary/aromatic N) is 6. The van der Waals surface area contributed by atoms with Crippen LogP contribution in [-0.2, 0) is 24.4 Å². The zero-order chi connectivity index (χ0) is 27.0. The number of anilines is 1.